The lowest BCUT2D eigenvalue weighted by atomic mass is 10.1. The number of anilines is 1. The van der Waals surface area contributed by atoms with Crippen LogP contribution < -0.4 is 10.2 Å². The fourth-order valence-corrected chi connectivity index (χ4v) is 3.20. The minimum Gasteiger partial charge on any atom is -0.508 e. The number of nitrogens with one attached hydrogen (secondary N) is 1. The van der Waals surface area contributed by atoms with Gasteiger partial charge in [-0.15, -0.1) is 0 Å². The summed E-state index contributed by atoms with van der Waals surface area (Å²) in [6.45, 7) is 3.61. The van der Waals surface area contributed by atoms with E-state index in [1.807, 2.05) is 26.1 Å². The van der Waals surface area contributed by atoms with Crippen LogP contribution in [-0.2, 0) is 10.8 Å². The van der Waals surface area contributed by atoms with Gasteiger partial charge in [0.15, 0.2) is 0 Å². The fourth-order valence-electron chi connectivity index (χ4n) is 2.15. The van der Waals surface area contributed by atoms with Gasteiger partial charge in [-0.25, -0.2) is 0 Å². The monoisotopic (exact) mass is 268 g/mol. The molecule has 2 N–H and O–H groups in total. The first-order valence-electron chi connectivity index (χ1n) is 6.22. The molecule has 0 aliphatic carbocycles. The van der Waals surface area contributed by atoms with Crippen LogP contribution in [0.4, 0.5) is 5.69 Å². The lowest BCUT2D eigenvalue weighted by Crippen LogP contribution is -2.37. The molecule has 0 radical (unpaired) electrons. The Kier molecular flexibility index (Phi) is 4.24. The van der Waals surface area contributed by atoms with E-state index >= 15 is 0 Å². The van der Waals surface area contributed by atoms with Crippen LogP contribution in [-0.4, -0.2) is 41.0 Å². The minimum atomic E-state index is -0.667. The first-order valence-corrected chi connectivity index (χ1v) is 7.70. The summed E-state index contributed by atoms with van der Waals surface area (Å²) in [5.41, 5.74) is 1.91. The second-order valence-electron chi connectivity index (χ2n) is 4.59. The molecule has 100 valence electrons. The highest BCUT2D eigenvalue weighted by Crippen LogP contribution is 2.29. The van der Waals surface area contributed by atoms with Gasteiger partial charge < -0.3 is 15.3 Å². The molecule has 18 heavy (non-hydrogen) atoms. The fraction of sp³-hybridized carbons (Fsp3) is 0.538. The molecule has 1 saturated heterocycles. The lowest BCUT2D eigenvalue weighted by Gasteiger charge is -2.29. The lowest BCUT2D eigenvalue weighted by molar-refractivity contribution is 0.458. The third-order valence-corrected chi connectivity index (χ3v) is 4.73. The van der Waals surface area contributed by atoms with Gasteiger partial charge in [0.05, 0.1) is 0 Å². The second kappa shape index (κ2) is 5.71. The topological polar surface area (TPSA) is 52.6 Å². The Morgan fingerprint density at radius 2 is 2.06 bits per heavy atom. The molecule has 0 bridgehead atoms. The van der Waals surface area contributed by atoms with E-state index in [2.05, 4.69) is 10.2 Å². The van der Waals surface area contributed by atoms with E-state index < -0.39 is 10.8 Å². The zero-order chi connectivity index (χ0) is 13.1. The zero-order valence-corrected chi connectivity index (χ0v) is 11.7. The highest BCUT2D eigenvalue weighted by Gasteiger charge is 2.17. The van der Waals surface area contributed by atoms with Crippen LogP contribution in [0.25, 0.3) is 0 Å². The molecule has 1 aliphatic heterocycles. The van der Waals surface area contributed by atoms with E-state index in [-0.39, 0.29) is 6.04 Å². The number of phenols is 1. The summed E-state index contributed by atoms with van der Waals surface area (Å²) in [5.74, 6) is 1.76. The Morgan fingerprint density at radius 1 is 1.39 bits per heavy atom. The largest absolute Gasteiger partial charge is 0.508 e. The number of hydrogen-bond donors (Lipinski definition) is 2. The molecule has 1 aromatic rings. The van der Waals surface area contributed by atoms with Gasteiger partial charge in [0.2, 0.25) is 0 Å². The summed E-state index contributed by atoms with van der Waals surface area (Å²) in [4.78, 5) is 2.18. The average Bonchev–Trinajstić information content (AvgIpc) is 2.38. The molecule has 1 aliphatic rings. The summed E-state index contributed by atoms with van der Waals surface area (Å²) in [7, 11) is 1.21. The normalized spacial score (nSPS) is 18.9. The second-order valence-corrected chi connectivity index (χ2v) is 6.28. The minimum absolute atomic E-state index is 0.132. The molecular weight excluding hydrogens is 248 g/mol. The van der Waals surface area contributed by atoms with E-state index in [1.54, 1.807) is 6.07 Å². The van der Waals surface area contributed by atoms with Crippen LogP contribution in [0, 0.1) is 0 Å². The highest BCUT2D eigenvalue weighted by molar-refractivity contribution is 7.85. The maximum absolute atomic E-state index is 11.3. The van der Waals surface area contributed by atoms with Crippen LogP contribution in [0.15, 0.2) is 18.2 Å². The van der Waals surface area contributed by atoms with E-state index in [9.17, 15) is 9.32 Å². The predicted molar refractivity (Wildman–Crippen MR) is 75.7 cm³/mol. The van der Waals surface area contributed by atoms with Crippen LogP contribution in [0.1, 0.15) is 18.5 Å². The predicted octanol–water partition coefficient (Wildman–Crippen LogP) is 1.24. The van der Waals surface area contributed by atoms with Crippen molar-refractivity contribution in [1.29, 1.82) is 0 Å². The van der Waals surface area contributed by atoms with Crippen molar-refractivity contribution in [1.82, 2.24) is 5.32 Å². The van der Waals surface area contributed by atoms with Gasteiger partial charge in [-0.3, -0.25) is 4.21 Å². The van der Waals surface area contributed by atoms with Gasteiger partial charge in [-0.05, 0) is 20.0 Å². The Hall–Kier alpha value is -1.07. The van der Waals surface area contributed by atoms with E-state index in [1.165, 1.54) is 0 Å². The number of hydrogen-bond acceptors (Lipinski definition) is 4. The summed E-state index contributed by atoms with van der Waals surface area (Å²) in [5, 5.41) is 13.2. The molecule has 0 saturated carbocycles. The smallest absolute Gasteiger partial charge is 0.122 e. The maximum atomic E-state index is 11.3. The maximum Gasteiger partial charge on any atom is 0.122 e. The summed E-state index contributed by atoms with van der Waals surface area (Å²) in [6.07, 6.45) is 0. The van der Waals surface area contributed by atoms with Crippen molar-refractivity contribution in [2.24, 2.45) is 0 Å². The Balaban J connectivity index is 2.16. The van der Waals surface area contributed by atoms with Gasteiger partial charge in [0.1, 0.15) is 5.75 Å². The Labute approximate surface area is 110 Å². The third kappa shape index (κ3) is 2.84. The molecule has 5 heteroatoms. The Morgan fingerprint density at radius 3 is 2.61 bits per heavy atom. The standard InChI is InChI=1S/C13H20N2O2S/c1-10(14-2)12-4-3-11(9-13(12)16)15-5-7-18(17)8-6-15/h3-4,9-10,14,16H,5-8H2,1-2H3. The molecular formula is C13H20N2O2S. The number of aromatic hydroxyl groups is 1. The molecule has 0 spiro atoms. The van der Waals surface area contributed by atoms with Crippen molar-refractivity contribution in [3.63, 3.8) is 0 Å². The molecule has 1 fully saturated rings. The van der Waals surface area contributed by atoms with Gasteiger partial charge in [-0.1, -0.05) is 6.07 Å². The number of rotatable bonds is 3. The van der Waals surface area contributed by atoms with Gasteiger partial charge in [0, 0.05) is 58.8 Å². The van der Waals surface area contributed by atoms with Gasteiger partial charge in [-0.2, -0.15) is 0 Å². The van der Waals surface area contributed by atoms with Crippen molar-refractivity contribution in [3.05, 3.63) is 23.8 Å². The SMILES string of the molecule is CNC(C)c1ccc(N2CCS(=O)CC2)cc1O. The average molecular weight is 268 g/mol. The summed E-state index contributed by atoms with van der Waals surface area (Å²) >= 11 is 0. The number of phenolic OH excluding ortho intramolecular Hbond substituents is 1. The molecule has 0 amide bonds. The van der Waals surface area contributed by atoms with Gasteiger partial charge >= 0.3 is 0 Å². The molecule has 4 nitrogen and oxygen atoms in total. The first-order chi connectivity index (χ1) is 8.61. The van der Waals surface area contributed by atoms with Gasteiger partial charge in [0.25, 0.3) is 0 Å². The zero-order valence-electron chi connectivity index (χ0n) is 10.8. The van der Waals surface area contributed by atoms with Crippen LogP contribution in [0.2, 0.25) is 0 Å². The van der Waals surface area contributed by atoms with Crippen molar-refractivity contribution >= 4 is 16.5 Å². The third-order valence-electron chi connectivity index (χ3n) is 3.46. The van der Waals surface area contributed by atoms with Crippen LogP contribution >= 0.6 is 0 Å². The van der Waals surface area contributed by atoms with Crippen molar-refractivity contribution in [2.75, 3.05) is 36.5 Å². The quantitative estimate of drug-likeness (QED) is 0.866. The molecule has 1 heterocycles. The van der Waals surface area contributed by atoms with Crippen molar-refractivity contribution in [3.8, 4) is 5.75 Å². The van der Waals surface area contributed by atoms with Crippen LogP contribution in [0.5, 0.6) is 5.75 Å². The molecule has 1 aromatic carbocycles. The van der Waals surface area contributed by atoms with E-state index in [0.29, 0.717) is 5.75 Å². The number of nitrogens with zero attached hydrogens (tertiary/aromatic N) is 1. The number of benzene rings is 1. The molecule has 1 atom stereocenters. The van der Waals surface area contributed by atoms with E-state index in [0.717, 1.165) is 35.8 Å². The molecule has 2 rings (SSSR count). The van der Waals surface area contributed by atoms with Crippen molar-refractivity contribution < 1.29 is 9.32 Å². The van der Waals surface area contributed by atoms with Crippen LogP contribution in [0.3, 0.4) is 0 Å². The molecule has 1 unspecified atom stereocenters. The summed E-state index contributed by atoms with van der Waals surface area (Å²) in [6, 6.07) is 5.92. The Bertz CT molecular complexity index is 441. The highest BCUT2D eigenvalue weighted by atomic mass is 32.2. The summed E-state index contributed by atoms with van der Waals surface area (Å²) < 4.78 is 11.3. The molecule has 0 aromatic heterocycles. The van der Waals surface area contributed by atoms with E-state index in [4.69, 9.17) is 0 Å². The first kappa shape index (κ1) is 13.4. The van der Waals surface area contributed by atoms with Crippen molar-refractivity contribution in [2.45, 2.75) is 13.0 Å².